The summed E-state index contributed by atoms with van der Waals surface area (Å²) in [4.78, 5) is 20.7. The predicted molar refractivity (Wildman–Crippen MR) is 123 cm³/mol. The third-order valence-electron chi connectivity index (χ3n) is 4.98. The van der Waals surface area contributed by atoms with E-state index in [4.69, 9.17) is 23.2 Å². The number of aromatic nitrogens is 2. The van der Waals surface area contributed by atoms with Crippen molar-refractivity contribution >= 4 is 56.6 Å². The summed E-state index contributed by atoms with van der Waals surface area (Å²) in [6.07, 6.45) is 0. The first kappa shape index (κ1) is 18.7. The summed E-state index contributed by atoms with van der Waals surface area (Å²) < 4.78 is 0. The number of hydrogen-bond acceptors (Lipinski definition) is 2. The number of carbonyl (C=O) groups excluding carboxylic acids is 1. The minimum atomic E-state index is -0.194. The second-order valence-corrected chi connectivity index (χ2v) is 7.71. The summed E-state index contributed by atoms with van der Waals surface area (Å²) in [5.74, 6) is 0.368. The second kappa shape index (κ2) is 7.48. The van der Waals surface area contributed by atoms with Crippen LogP contribution in [0.3, 0.4) is 0 Å². The van der Waals surface area contributed by atoms with Gasteiger partial charge in [-0.3, -0.25) is 4.79 Å². The Labute approximate surface area is 182 Å². The van der Waals surface area contributed by atoms with Crippen molar-refractivity contribution in [3.05, 3.63) is 94.5 Å². The molecule has 1 aromatic heterocycles. The number of nitrogens with one attached hydrogen (secondary N) is 2. The van der Waals surface area contributed by atoms with Crippen LogP contribution >= 0.6 is 23.2 Å². The number of H-pyrrole nitrogens is 1. The molecule has 4 nitrogen and oxygen atoms in total. The van der Waals surface area contributed by atoms with E-state index in [1.165, 1.54) is 0 Å². The Kier molecular flexibility index (Phi) is 4.66. The fourth-order valence-corrected chi connectivity index (χ4v) is 4.10. The fraction of sp³-hybridized carbons (Fsp3) is 0. The zero-order valence-electron chi connectivity index (χ0n) is 15.6. The Hall–Kier alpha value is -3.34. The molecule has 146 valence electrons. The quantitative estimate of drug-likeness (QED) is 0.324. The van der Waals surface area contributed by atoms with E-state index in [0.717, 1.165) is 27.5 Å². The fourth-order valence-electron chi connectivity index (χ4n) is 3.52. The summed E-state index contributed by atoms with van der Waals surface area (Å²) in [6, 6.07) is 24.4. The topological polar surface area (TPSA) is 57.8 Å². The smallest absolute Gasteiger partial charge is 0.255 e. The molecular formula is C24H15Cl2N3O. The SMILES string of the molecule is O=C(Nc1cccc2ccccc12)c1ccc2nc(-c3c(Cl)cccc3Cl)[nH]c2c1. The minimum Gasteiger partial charge on any atom is -0.338 e. The van der Waals surface area contributed by atoms with Gasteiger partial charge in [0.25, 0.3) is 5.91 Å². The van der Waals surface area contributed by atoms with Crippen LogP contribution < -0.4 is 5.32 Å². The standard InChI is InChI=1S/C24H15Cl2N3O/c25-17-8-4-9-18(26)22(17)23-27-20-12-11-15(13-21(20)28-23)24(30)29-19-10-3-6-14-5-1-2-7-16(14)19/h1-13H,(H,27,28)(H,29,30). The highest BCUT2D eigenvalue weighted by molar-refractivity contribution is 6.39. The van der Waals surface area contributed by atoms with Gasteiger partial charge in [-0.25, -0.2) is 4.98 Å². The highest BCUT2D eigenvalue weighted by atomic mass is 35.5. The number of anilines is 1. The van der Waals surface area contributed by atoms with Gasteiger partial charge in [-0.1, -0.05) is 65.7 Å². The van der Waals surface area contributed by atoms with Crippen LogP contribution in [0.2, 0.25) is 10.0 Å². The van der Waals surface area contributed by atoms with Crippen LogP contribution in [0.5, 0.6) is 0 Å². The summed E-state index contributed by atoms with van der Waals surface area (Å²) in [6.45, 7) is 0. The van der Waals surface area contributed by atoms with Crippen LogP contribution in [0.4, 0.5) is 5.69 Å². The molecule has 6 heteroatoms. The zero-order valence-corrected chi connectivity index (χ0v) is 17.1. The lowest BCUT2D eigenvalue weighted by atomic mass is 10.1. The number of amides is 1. The van der Waals surface area contributed by atoms with E-state index in [0.29, 0.717) is 27.0 Å². The molecule has 0 atom stereocenters. The molecule has 0 unspecified atom stereocenters. The molecule has 0 aliphatic heterocycles. The molecule has 0 radical (unpaired) electrons. The van der Waals surface area contributed by atoms with Gasteiger partial charge in [0, 0.05) is 16.6 Å². The minimum absolute atomic E-state index is 0.194. The monoisotopic (exact) mass is 431 g/mol. The van der Waals surface area contributed by atoms with Crippen LogP contribution in [0.25, 0.3) is 33.2 Å². The van der Waals surface area contributed by atoms with E-state index in [-0.39, 0.29) is 5.91 Å². The van der Waals surface area contributed by atoms with Crippen molar-refractivity contribution in [2.24, 2.45) is 0 Å². The molecule has 1 amide bonds. The first-order valence-electron chi connectivity index (χ1n) is 9.33. The molecular weight excluding hydrogens is 417 g/mol. The molecule has 4 aromatic carbocycles. The van der Waals surface area contributed by atoms with Gasteiger partial charge in [0.2, 0.25) is 0 Å². The summed E-state index contributed by atoms with van der Waals surface area (Å²) in [5.41, 5.74) is 3.38. The van der Waals surface area contributed by atoms with Gasteiger partial charge in [-0.05, 0) is 41.8 Å². The van der Waals surface area contributed by atoms with E-state index in [2.05, 4.69) is 15.3 Å². The summed E-state index contributed by atoms with van der Waals surface area (Å²) >= 11 is 12.6. The van der Waals surface area contributed by atoms with Crippen LogP contribution in [-0.2, 0) is 0 Å². The zero-order chi connectivity index (χ0) is 20.7. The lowest BCUT2D eigenvalue weighted by Gasteiger charge is -2.08. The molecule has 5 rings (SSSR count). The molecule has 0 saturated carbocycles. The molecule has 30 heavy (non-hydrogen) atoms. The van der Waals surface area contributed by atoms with Crippen LogP contribution in [0.15, 0.2) is 78.9 Å². The Morgan fingerprint density at radius 3 is 2.43 bits per heavy atom. The Morgan fingerprint density at radius 2 is 1.60 bits per heavy atom. The number of benzene rings is 4. The number of aromatic amines is 1. The molecule has 0 bridgehead atoms. The maximum Gasteiger partial charge on any atom is 0.255 e. The molecule has 1 heterocycles. The average molecular weight is 432 g/mol. The molecule has 2 N–H and O–H groups in total. The maximum absolute atomic E-state index is 12.9. The number of imidazole rings is 1. The third-order valence-corrected chi connectivity index (χ3v) is 5.61. The molecule has 0 saturated heterocycles. The van der Waals surface area contributed by atoms with E-state index in [1.54, 1.807) is 36.4 Å². The van der Waals surface area contributed by atoms with Crippen LogP contribution in [0, 0.1) is 0 Å². The van der Waals surface area contributed by atoms with E-state index < -0.39 is 0 Å². The lowest BCUT2D eigenvalue weighted by molar-refractivity contribution is 0.102. The van der Waals surface area contributed by atoms with Gasteiger partial charge in [0.05, 0.1) is 26.6 Å². The van der Waals surface area contributed by atoms with Crippen molar-refractivity contribution in [1.82, 2.24) is 9.97 Å². The molecule has 0 spiro atoms. The Balaban J connectivity index is 1.50. The van der Waals surface area contributed by atoms with E-state index >= 15 is 0 Å². The average Bonchev–Trinajstić information content (AvgIpc) is 3.16. The van der Waals surface area contributed by atoms with Gasteiger partial charge in [-0.15, -0.1) is 0 Å². The van der Waals surface area contributed by atoms with Crippen molar-refractivity contribution in [2.45, 2.75) is 0 Å². The number of nitrogens with zero attached hydrogens (tertiary/aromatic N) is 1. The predicted octanol–water partition coefficient (Wildman–Crippen LogP) is 6.94. The number of carbonyl (C=O) groups is 1. The number of hydrogen-bond donors (Lipinski definition) is 2. The number of rotatable bonds is 3. The van der Waals surface area contributed by atoms with Crippen LogP contribution in [0.1, 0.15) is 10.4 Å². The van der Waals surface area contributed by atoms with Gasteiger partial charge in [-0.2, -0.15) is 0 Å². The first-order chi connectivity index (χ1) is 14.6. The van der Waals surface area contributed by atoms with Gasteiger partial charge < -0.3 is 10.3 Å². The molecule has 5 aromatic rings. The number of fused-ring (bicyclic) bond motifs is 2. The Morgan fingerprint density at radius 1 is 0.867 bits per heavy atom. The van der Waals surface area contributed by atoms with Crippen LogP contribution in [-0.4, -0.2) is 15.9 Å². The van der Waals surface area contributed by atoms with Crippen molar-refractivity contribution < 1.29 is 4.79 Å². The molecule has 0 fully saturated rings. The maximum atomic E-state index is 12.9. The van der Waals surface area contributed by atoms with Gasteiger partial charge in [0.15, 0.2) is 0 Å². The van der Waals surface area contributed by atoms with E-state index in [9.17, 15) is 4.79 Å². The highest BCUT2D eigenvalue weighted by Gasteiger charge is 2.15. The summed E-state index contributed by atoms with van der Waals surface area (Å²) in [7, 11) is 0. The molecule has 0 aliphatic rings. The van der Waals surface area contributed by atoms with Crippen molar-refractivity contribution in [3.8, 4) is 11.4 Å². The summed E-state index contributed by atoms with van der Waals surface area (Å²) in [5, 5.41) is 6.09. The van der Waals surface area contributed by atoms with E-state index in [1.807, 2.05) is 42.5 Å². The second-order valence-electron chi connectivity index (χ2n) is 6.89. The Bertz CT molecular complexity index is 1400. The van der Waals surface area contributed by atoms with Crippen molar-refractivity contribution in [3.63, 3.8) is 0 Å². The highest BCUT2D eigenvalue weighted by Crippen LogP contribution is 2.34. The molecule has 0 aliphatic carbocycles. The van der Waals surface area contributed by atoms with Gasteiger partial charge >= 0.3 is 0 Å². The normalized spacial score (nSPS) is 11.1. The lowest BCUT2D eigenvalue weighted by Crippen LogP contribution is -2.12. The van der Waals surface area contributed by atoms with Crippen molar-refractivity contribution in [2.75, 3.05) is 5.32 Å². The largest absolute Gasteiger partial charge is 0.338 e. The number of halogens is 2. The van der Waals surface area contributed by atoms with Crippen molar-refractivity contribution in [1.29, 1.82) is 0 Å². The van der Waals surface area contributed by atoms with Gasteiger partial charge in [0.1, 0.15) is 5.82 Å². The third kappa shape index (κ3) is 3.30. The first-order valence-corrected chi connectivity index (χ1v) is 10.1.